The van der Waals surface area contributed by atoms with E-state index in [9.17, 15) is 4.79 Å². The number of aryl methyl sites for hydroxylation is 1. The molecular formula is C29H39N3O2. The molecule has 0 radical (unpaired) electrons. The van der Waals surface area contributed by atoms with Crippen LogP contribution in [0.2, 0.25) is 0 Å². The number of benzene rings is 2. The van der Waals surface area contributed by atoms with Crippen molar-refractivity contribution in [3.05, 3.63) is 65.2 Å². The molecule has 2 aromatic carbocycles. The Bertz CT molecular complexity index is 1060. The fraction of sp³-hybridized carbons (Fsp3) is 0.483. The van der Waals surface area contributed by atoms with Crippen LogP contribution in [0.3, 0.4) is 0 Å². The third kappa shape index (κ3) is 6.78. The van der Waals surface area contributed by atoms with Gasteiger partial charge >= 0.3 is 6.01 Å². The number of carbonyl (C=O) groups excluding carboxylic acids is 1. The zero-order chi connectivity index (χ0) is 24.7. The summed E-state index contributed by atoms with van der Waals surface area (Å²) in [5.74, 6) is 0.620. The van der Waals surface area contributed by atoms with Gasteiger partial charge in [0.05, 0.1) is 6.61 Å². The second kappa shape index (κ2) is 11.5. The molecule has 3 rings (SSSR count). The lowest BCUT2D eigenvalue weighted by atomic mass is 9.87. The van der Waals surface area contributed by atoms with Gasteiger partial charge in [-0.3, -0.25) is 4.79 Å². The normalized spacial score (nSPS) is 11.7. The van der Waals surface area contributed by atoms with E-state index in [0.717, 1.165) is 12.0 Å². The summed E-state index contributed by atoms with van der Waals surface area (Å²) < 4.78 is 7.14. The van der Waals surface area contributed by atoms with Crippen LogP contribution in [0, 0.1) is 5.92 Å². The Hall–Kier alpha value is -2.95. The molecule has 5 nitrogen and oxygen atoms in total. The molecule has 0 unspecified atom stereocenters. The van der Waals surface area contributed by atoms with Gasteiger partial charge in [-0.15, -0.1) is 5.10 Å². The molecule has 0 N–H and O–H groups in total. The van der Waals surface area contributed by atoms with Crippen LogP contribution in [-0.2, 0) is 11.8 Å². The molecule has 1 aromatic heterocycles. The monoisotopic (exact) mass is 461 g/mol. The maximum atomic E-state index is 13.4. The summed E-state index contributed by atoms with van der Waals surface area (Å²) in [5, 5.41) is 4.43. The molecule has 1 heterocycles. The van der Waals surface area contributed by atoms with E-state index < -0.39 is 0 Å². The number of hydrogen-bond donors (Lipinski definition) is 0. The van der Waals surface area contributed by atoms with Crippen molar-refractivity contribution in [1.82, 2.24) is 14.8 Å². The Morgan fingerprint density at radius 2 is 1.65 bits per heavy atom. The van der Waals surface area contributed by atoms with Crippen LogP contribution >= 0.6 is 0 Å². The van der Waals surface area contributed by atoms with Gasteiger partial charge in [0, 0.05) is 11.1 Å². The number of rotatable bonds is 10. The summed E-state index contributed by atoms with van der Waals surface area (Å²) in [5.41, 5.74) is 3.95. The molecule has 5 heteroatoms. The highest BCUT2D eigenvalue weighted by atomic mass is 16.5. The molecule has 0 spiro atoms. The minimum absolute atomic E-state index is 0.0475. The largest absolute Gasteiger partial charge is 0.462 e. The zero-order valence-corrected chi connectivity index (χ0v) is 21.6. The molecule has 182 valence electrons. The summed E-state index contributed by atoms with van der Waals surface area (Å²) in [6.45, 7) is 13.4. The van der Waals surface area contributed by atoms with Gasteiger partial charge in [-0.25, -0.2) is 0 Å². The Labute approximate surface area is 204 Å². The van der Waals surface area contributed by atoms with Crippen LogP contribution in [0.5, 0.6) is 6.01 Å². The maximum Gasteiger partial charge on any atom is 0.336 e. The Kier molecular flexibility index (Phi) is 8.65. The lowest BCUT2D eigenvalue weighted by molar-refractivity contribution is 0.0944. The van der Waals surface area contributed by atoms with Crippen molar-refractivity contribution in [1.29, 1.82) is 0 Å². The predicted molar refractivity (Wildman–Crippen MR) is 139 cm³/mol. The van der Waals surface area contributed by atoms with E-state index in [0.29, 0.717) is 23.9 Å². The topological polar surface area (TPSA) is 57.0 Å². The van der Waals surface area contributed by atoms with Gasteiger partial charge < -0.3 is 4.74 Å². The van der Waals surface area contributed by atoms with Crippen LogP contribution in [0.15, 0.2) is 48.5 Å². The lowest BCUT2D eigenvalue weighted by Crippen LogP contribution is -2.16. The Balaban J connectivity index is 1.87. The fourth-order valence-corrected chi connectivity index (χ4v) is 3.74. The van der Waals surface area contributed by atoms with Crippen molar-refractivity contribution in [3.8, 4) is 17.4 Å². The number of nitrogens with zero attached hydrogens (tertiary/aromatic N) is 3. The third-order valence-corrected chi connectivity index (χ3v) is 5.85. The molecule has 34 heavy (non-hydrogen) atoms. The van der Waals surface area contributed by atoms with E-state index in [1.165, 1.54) is 41.5 Å². The first-order valence-electron chi connectivity index (χ1n) is 12.5. The minimum atomic E-state index is -0.209. The first-order valence-corrected chi connectivity index (χ1v) is 12.5. The van der Waals surface area contributed by atoms with Crippen LogP contribution < -0.4 is 4.74 Å². The molecule has 0 saturated carbocycles. The summed E-state index contributed by atoms with van der Waals surface area (Å²) >= 11 is 0. The second-order valence-corrected chi connectivity index (χ2v) is 10.5. The highest BCUT2D eigenvalue weighted by molar-refractivity contribution is 5.97. The van der Waals surface area contributed by atoms with Crippen LogP contribution in [0.25, 0.3) is 11.4 Å². The maximum absolute atomic E-state index is 13.4. The molecule has 0 aliphatic rings. The highest BCUT2D eigenvalue weighted by Gasteiger charge is 2.21. The zero-order valence-electron chi connectivity index (χ0n) is 21.6. The number of hydrogen-bond acceptors (Lipinski definition) is 4. The van der Waals surface area contributed by atoms with E-state index in [-0.39, 0.29) is 17.3 Å². The van der Waals surface area contributed by atoms with Gasteiger partial charge in [-0.2, -0.15) is 9.67 Å². The quantitative estimate of drug-likeness (QED) is 0.302. The molecular weight excluding hydrogens is 422 g/mol. The van der Waals surface area contributed by atoms with E-state index in [1.54, 1.807) is 0 Å². The van der Waals surface area contributed by atoms with Crippen molar-refractivity contribution in [3.63, 3.8) is 0 Å². The summed E-state index contributed by atoms with van der Waals surface area (Å²) in [6, 6.07) is 16.3. The van der Waals surface area contributed by atoms with Crippen LogP contribution in [0.1, 0.15) is 88.7 Å². The van der Waals surface area contributed by atoms with Crippen LogP contribution in [-0.4, -0.2) is 27.3 Å². The van der Waals surface area contributed by atoms with Gasteiger partial charge in [0.15, 0.2) is 5.82 Å². The van der Waals surface area contributed by atoms with Crippen molar-refractivity contribution < 1.29 is 9.53 Å². The predicted octanol–water partition coefficient (Wildman–Crippen LogP) is 7.09. The molecule has 0 aliphatic carbocycles. The fourth-order valence-electron chi connectivity index (χ4n) is 3.74. The van der Waals surface area contributed by atoms with E-state index in [1.807, 2.05) is 36.4 Å². The number of aromatic nitrogens is 3. The van der Waals surface area contributed by atoms with Gasteiger partial charge in [0.1, 0.15) is 0 Å². The molecule has 0 aliphatic heterocycles. The van der Waals surface area contributed by atoms with Crippen LogP contribution in [0.4, 0.5) is 0 Å². The van der Waals surface area contributed by atoms with Gasteiger partial charge in [0.2, 0.25) is 0 Å². The first kappa shape index (κ1) is 25.7. The molecule has 0 saturated heterocycles. The van der Waals surface area contributed by atoms with Gasteiger partial charge in [-0.1, -0.05) is 97.2 Å². The van der Waals surface area contributed by atoms with Crippen molar-refractivity contribution >= 4 is 5.91 Å². The third-order valence-electron chi connectivity index (χ3n) is 5.85. The summed E-state index contributed by atoms with van der Waals surface area (Å²) in [7, 11) is 0. The number of ether oxygens (including phenoxy) is 1. The number of unbranched alkanes of at least 4 members (excludes halogenated alkanes) is 3. The molecule has 0 amide bonds. The molecule has 0 atom stereocenters. The molecule has 0 fully saturated rings. The van der Waals surface area contributed by atoms with Crippen molar-refractivity contribution in [2.75, 3.05) is 6.61 Å². The Morgan fingerprint density at radius 3 is 2.24 bits per heavy atom. The standard InChI is InChI=1S/C29H39N3O2/c1-7-8-9-10-11-22-12-14-24(15-13-22)27(33)32-26(30-28(31-32)34-20-21(2)3)23-16-18-25(19-17-23)29(4,5)6/h12-19,21H,7-11,20H2,1-6H3. The van der Waals surface area contributed by atoms with E-state index in [2.05, 4.69) is 63.8 Å². The van der Waals surface area contributed by atoms with E-state index in [4.69, 9.17) is 4.74 Å². The summed E-state index contributed by atoms with van der Waals surface area (Å²) in [6.07, 6.45) is 5.96. The molecule has 0 bridgehead atoms. The van der Waals surface area contributed by atoms with Gasteiger partial charge in [-0.05, 0) is 47.4 Å². The highest BCUT2D eigenvalue weighted by Crippen LogP contribution is 2.27. The molecule has 3 aromatic rings. The van der Waals surface area contributed by atoms with E-state index >= 15 is 0 Å². The summed E-state index contributed by atoms with van der Waals surface area (Å²) in [4.78, 5) is 18.0. The average molecular weight is 462 g/mol. The second-order valence-electron chi connectivity index (χ2n) is 10.5. The smallest absolute Gasteiger partial charge is 0.336 e. The van der Waals surface area contributed by atoms with Crippen molar-refractivity contribution in [2.24, 2.45) is 5.92 Å². The lowest BCUT2D eigenvalue weighted by Gasteiger charge is -2.19. The first-order chi connectivity index (χ1) is 16.2. The Morgan fingerprint density at radius 1 is 0.971 bits per heavy atom. The average Bonchev–Trinajstić information content (AvgIpc) is 3.24. The van der Waals surface area contributed by atoms with Gasteiger partial charge in [0.25, 0.3) is 5.91 Å². The van der Waals surface area contributed by atoms with Crippen molar-refractivity contribution in [2.45, 2.75) is 79.1 Å². The number of carbonyl (C=O) groups is 1. The SMILES string of the molecule is CCCCCCc1ccc(C(=O)n2nc(OCC(C)C)nc2-c2ccc(C(C)(C)C)cc2)cc1. The minimum Gasteiger partial charge on any atom is -0.462 e.